The molecule has 0 aliphatic carbocycles. The van der Waals surface area contributed by atoms with Gasteiger partial charge in [0.15, 0.2) is 0 Å². The molecule has 1 atom stereocenters. The highest BCUT2D eigenvalue weighted by Gasteiger charge is 2.17. The number of nitrogens with one attached hydrogen (secondary N) is 1. The Kier molecular flexibility index (Phi) is 5.46. The summed E-state index contributed by atoms with van der Waals surface area (Å²) >= 11 is 6.06. The van der Waals surface area contributed by atoms with Crippen LogP contribution in [0.15, 0.2) is 18.2 Å². The Morgan fingerprint density at radius 1 is 1.37 bits per heavy atom. The van der Waals surface area contributed by atoms with Gasteiger partial charge in [0, 0.05) is 12.6 Å². The van der Waals surface area contributed by atoms with E-state index in [0.717, 1.165) is 25.1 Å². The van der Waals surface area contributed by atoms with Crippen LogP contribution in [0.5, 0.6) is 0 Å². The number of nitrogens with zero attached hydrogens (tertiary/aromatic N) is 1. The summed E-state index contributed by atoms with van der Waals surface area (Å²) in [7, 11) is 0. The van der Waals surface area contributed by atoms with Crippen molar-refractivity contribution in [1.29, 1.82) is 0 Å². The van der Waals surface area contributed by atoms with Crippen LogP contribution in [0.25, 0.3) is 0 Å². The van der Waals surface area contributed by atoms with Crippen molar-refractivity contribution in [2.24, 2.45) is 0 Å². The van der Waals surface area contributed by atoms with Gasteiger partial charge in [0.05, 0.1) is 10.7 Å². The Morgan fingerprint density at radius 3 is 2.95 bits per heavy atom. The van der Waals surface area contributed by atoms with Crippen molar-refractivity contribution in [3.63, 3.8) is 0 Å². The minimum atomic E-state index is -0.287. The predicted molar refractivity (Wildman–Crippen MR) is 79.4 cm³/mol. The summed E-state index contributed by atoms with van der Waals surface area (Å²) in [6.07, 6.45) is 4.68. The Labute approximate surface area is 119 Å². The molecule has 1 unspecified atom stereocenters. The third kappa shape index (κ3) is 4.36. The van der Waals surface area contributed by atoms with Gasteiger partial charge in [-0.05, 0) is 57.0 Å². The Morgan fingerprint density at radius 2 is 2.21 bits per heavy atom. The summed E-state index contributed by atoms with van der Waals surface area (Å²) in [6, 6.07) is 4.98. The van der Waals surface area contributed by atoms with E-state index in [2.05, 4.69) is 17.1 Å². The first-order valence-electron chi connectivity index (χ1n) is 7.13. The second kappa shape index (κ2) is 7.11. The maximum absolute atomic E-state index is 13.0. The van der Waals surface area contributed by atoms with Crippen molar-refractivity contribution in [2.75, 3.05) is 25.0 Å². The fraction of sp³-hybridized carbons (Fsp3) is 0.600. The van der Waals surface area contributed by atoms with E-state index in [1.54, 1.807) is 6.07 Å². The second-order valence-corrected chi connectivity index (χ2v) is 5.65. The lowest BCUT2D eigenvalue weighted by molar-refractivity contribution is 0.285. The molecule has 1 heterocycles. The molecule has 2 rings (SSSR count). The van der Waals surface area contributed by atoms with Crippen LogP contribution in [0, 0.1) is 5.82 Å². The molecule has 1 aliphatic rings. The highest BCUT2D eigenvalue weighted by Crippen LogP contribution is 2.25. The van der Waals surface area contributed by atoms with Crippen LogP contribution in [-0.4, -0.2) is 30.6 Å². The summed E-state index contributed by atoms with van der Waals surface area (Å²) in [5.41, 5.74) is 0.844. The molecule has 106 valence electrons. The van der Waals surface area contributed by atoms with Crippen LogP contribution in [0.2, 0.25) is 5.02 Å². The largest absolute Gasteiger partial charge is 0.381 e. The fourth-order valence-corrected chi connectivity index (χ4v) is 2.89. The maximum atomic E-state index is 13.0. The minimum Gasteiger partial charge on any atom is -0.381 e. The van der Waals surface area contributed by atoms with Gasteiger partial charge in [-0.1, -0.05) is 18.5 Å². The molecule has 0 bridgehead atoms. The van der Waals surface area contributed by atoms with Gasteiger partial charge < -0.3 is 10.2 Å². The number of hydrogen-bond acceptors (Lipinski definition) is 2. The molecule has 0 amide bonds. The van der Waals surface area contributed by atoms with Gasteiger partial charge in [0.1, 0.15) is 5.82 Å². The summed E-state index contributed by atoms with van der Waals surface area (Å²) in [5, 5.41) is 3.92. The average molecular weight is 285 g/mol. The van der Waals surface area contributed by atoms with E-state index in [0.29, 0.717) is 11.1 Å². The third-order valence-corrected chi connectivity index (χ3v) is 3.96. The Bertz CT molecular complexity index is 411. The average Bonchev–Trinajstić information content (AvgIpc) is 2.59. The van der Waals surface area contributed by atoms with E-state index >= 15 is 0 Å². The standard InChI is InChI=1S/C15H22ClFN2/c1-2-8-19-9-3-4-13(7-10-19)18-15-6-5-12(17)11-14(15)16/h5-6,11,13,18H,2-4,7-10H2,1H3. The number of benzene rings is 1. The van der Waals surface area contributed by atoms with Crippen molar-refractivity contribution in [2.45, 2.75) is 38.6 Å². The number of likely N-dealkylation sites (tertiary alicyclic amines) is 1. The van der Waals surface area contributed by atoms with E-state index in [4.69, 9.17) is 11.6 Å². The lowest BCUT2D eigenvalue weighted by atomic mass is 10.1. The highest BCUT2D eigenvalue weighted by molar-refractivity contribution is 6.33. The van der Waals surface area contributed by atoms with Gasteiger partial charge in [-0.25, -0.2) is 4.39 Å². The fourth-order valence-electron chi connectivity index (χ4n) is 2.67. The van der Waals surface area contributed by atoms with E-state index < -0.39 is 0 Å². The molecule has 1 aliphatic heterocycles. The van der Waals surface area contributed by atoms with Crippen molar-refractivity contribution in [1.82, 2.24) is 4.90 Å². The Balaban J connectivity index is 1.92. The number of rotatable bonds is 4. The molecular weight excluding hydrogens is 263 g/mol. The van der Waals surface area contributed by atoms with E-state index in [-0.39, 0.29) is 5.82 Å². The molecule has 1 N–H and O–H groups in total. The molecule has 2 nitrogen and oxygen atoms in total. The molecule has 0 radical (unpaired) electrons. The zero-order valence-corrected chi connectivity index (χ0v) is 12.2. The van der Waals surface area contributed by atoms with Crippen LogP contribution in [-0.2, 0) is 0 Å². The minimum absolute atomic E-state index is 0.287. The van der Waals surface area contributed by atoms with Gasteiger partial charge in [0.2, 0.25) is 0 Å². The SMILES string of the molecule is CCCN1CCCC(Nc2ccc(F)cc2Cl)CC1. The van der Waals surface area contributed by atoms with E-state index in [9.17, 15) is 4.39 Å². The number of anilines is 1. The van der Waals surface area contributed by atoms with E-state index in [1.807, 2.05) is 0 Å². The monoisotopic (exact) mass is 284 g/mol. The molecule has 1 fully saturated rings. The normalized spacial score (nSPS) is 21.1. The molecule has 1 aromatic rings. The van der Waals surface area contributed by atoms with Crippen molar-refractivity contribution >= 4 is 17.3 Å². The predicted octanol–water partition coefficient (Wildman–Crippen LogP) is 4.16. The highest BCUT2D eigenvalue weighted by atomic mass is 35.5. The third-order valence-electron chi connectivity index (χ3n) is 3.65. The number of hydrogen-bond donors (Lipinski definition) is 1. The molecule has 19 heavy (non-hydrogen) atoms. The van der Waals surface area contributed by atoms with Gasteiger partial charge >= 0.3 is 0 Å². The molecular formula is C15H22ClFN2. The lowest BCUT2D eigenvalue weighted by Crippen LogP contribution is -2.27. The van der Waals surface area contributed by atoms with Crippen molar-refractivity contribution < 1.29 is 4.39 Å². The number of halogens is 2. The first-order chi connectivity index (χ1) is 9.19. The first kappa shape index (κ1) is 14.6. The maximum Gasteiger partial charge on any atom is 0.124 e. The lowest BCUT2D eigenvalue weighted by Gasteiger charge is -2.20. The smallest absolute Gasteiger partial charge is 0.124 e. The summed E-state index contributed by atoms with van der Waals surface area (Å²) in [5.74, 6) is -0.287. The van der Waals surface area contributed by atoms with Crippen LogP contribution in [0.3, 0.4) is 0 Å². The summed E-state index contributed by atoms with van der Waals surface area (Å²) in [6.45, 7) is 5.72. The topological polar surface area (TPSA) is 15.3 Å². The molecule has 0 aromatic heterocycles. The molecule has 0 spiro atoms. The van der Waals surface area contributed by atoms with Gasteiger partial charge in [-0.15, -0.1) is 0 Å². The second-order valence-electron chi connectivity index (χ2n) is 5.24. The Hall–Kier alpha value is -0.800. The van der Waals surface area contributed by atoms with E-state index in [1.165, 1.54) is 38.1 Å². The molecule has 0 saturated carbocycles. The van der Waals surface area contributed by atoms with Gasteiger partial charge in [0.25, 0.3) is 0 Å². The molecule has 1 aromatic carbocycles. The van der Waals surface area contributed by atoms with Crippen molar-refractivity contribution in [3.8, 4) is 0 Å². The zero-order valence-electron chi connectivity index (χ0n) is 11.5. The van der Waals surface area contributed by atoms with Crippen LogP contribution in [0.4, 0.5) is 10.1 Å². The van der Waals surface area contributed by atoms with Crippen LogP contribution in [0.1, 0.15) is 32.6 Å². The zero-order chi connectivity index (χ0) is 13.7. The first-order valence-corrected chi connectivity index (χ1v) is 7.50. The molecule has 1 saturated heterocycles. The van der Waals surface area contributed by atoms with Crippen LogP contribution < -0.4 is 5.32 Å². The van der Waals surface area contributed by atoms with Gasteiger partial charge in [-0.2, -0.15) is 0 Å². The molecule has 4 heteroatoms. The van der Waals surface area contributed by atoms with Gasteiger partial charge in [-0.3, -0.25) is 0 Å². The summed E-state index contributed by atoms with van der Waals surface area (Å²) in [4.78, 5) is 2.52. The van der Waals surface area contributed by atoms with Crippen molar-refractivity contribution in [3.05, 3.63) is 29.0 Å². The van der Waals surface area contributed by atoms with Crippen LogP contribution >= 0.6 is 11.6 Å². The quantitative estimate of drug-likeness (QED) is 0.893. The summed E-state index contributed by atoms with van der Waals surface area (Å²) < 4.78 is 13.0.